The fraction of sp³-hybridized carbons (Fsp3) is 0.643. The maximum absolute atomic E-state index is 12.3. The summed E-state index contributed by atoms with van der Waals surface area (Å²) < 4.78 is 0.897. The fourth-order valence-electron chi connectivity index (χ4n) is 3.27. The van der Waals surface area contributed by atoms with Gasteiger partial charge in [0.1, 0.15) is 5.69 Å². The summed E-state index contributed by atoms with van der Waals surface area (Å²) in [5.41, 5.74) is 0.631. The van der Waals surface area contributed by atoms with E-state index in [2.05, 4.69) is 25.8 Å². The molecule has 0 radical (unpaired) electrons. The summed E-state index contributed by atoms with van der Waals surface area (Å²) in [6, 6.07) is 2.11. The van der Waals surface area contributed by atoms with E-state index in [1.807, 2.05) is 11.0 Å². The van der Waals surface area contributed by atoms with Gasteiger partial charge >= 0.3 is 0 Å². The summed E-state index contributed by atoms with van der Waals surface area (Å²) in [6.45, 7) is 3.18. The molecule has 3 rings (SSSR count). The molecular formula is C14H20BrN3O2. The molecule has 1 saturated carbocycles. The van der Waals surface area contributed by atoms with Crippen LogP contribution in [0.3, 0.4) is 0 Å². The third-order valence-corrected chi connectivity index (χ3v) is 4.85. The molecule has 1 aliphatic heterocycles. The second-order valence-electron chi connectivity index (χ2n) is 5.63. The van der Waals surface area contributed by atoms with Crippen molar-refractivity contribution in [2.24, 2.45) is 0 Å². The Kier molecular flexibility index (Phi) is 4.14. The molecule has 0 bridgehead atoms. The Labute approximate surface area is 127 Å². The van der Waals surface area contributed by atoms with Crippen molar-refractivity contribution in [1.82, 2.24) is 14.8 Å². The van der Waals surface area contributed by atoms with Gasteiger partial charge in [-0.1, -0.05) is 0 Å². The van der Waals surface area contributed by atoms with Crippen LogP contribution in [0.2, 0.25) is 0 Å². The van der Waals surface area contributed by atoms with E-state index in [0.717, 1.165) is 49.9 Å². The molecule has 0 unspecified atom stereocenters. The maximum atomic E-state index is 12.3. The third kappa shape index (κ3) is 2.77. The average Bonchev–Trinajstić information content (AvgIpc) is 3.07. The van der Waals surface area contributed by atoms with Crippen molar-refractivity contribution in [3.63, 3.8) is 0 Å². The van der Waals surface area contributed by atoms with Crippen molar-refractivity contribution in [3.8, 4) is 0 Å². The molecule has 2 heterocycles. The Morgan fingerprint density at radius 2 is 2.05 bits per heavy atom. The van der Waals surface area contributed by atoms with Gasteiger partial charge in [-0.3, -0.25) is 9.69 Å². The summed E-state index contributed by atoms with van der Waals surface area (Å²) >= 11 is 3.35. The highest BCUT2D eigenvalue weighted by atomic mass is 79.9. The van der Waals surface area contributed by atoms with Crippen LogP contribution in [-0.4, -0.2) is 64.1 Å². The van der Waals surface area contributed by atoms with Gasteiger partial charge < -0.3 is 15.0 Å². The largest absolute Gasteiger partial charge is 0.391 e. The Morgan fingerprint density at radius 3 is 2.60 bits per heavy atom. The van der Waals surface area contributed by atoms with Crippen LogP contribution in [0.25, 0.3) is 0 Å². The second-order valence-corrected chi connectivity index (χ2v) is 6.54. The number of aromatic nitrogens is 1. The molecule has 2 atom stereocenters. The van der Waals surface area contributed by atoms with Gasteiger partial charge in [-0.25, -0.2) is 0 Å². The third-order valence-electron chi connectivity index (χ3n) is 4.39. The molecule has 0 spiro atoms. The van der Waals surface area contributed by atoms with Crippen LogP contribution in [0.1, 0.15) is 29.8 Å². The van der Waals surface area contributed by atoms with Crippen LogP contribution >= 0.6 is 15.9 Å². The van der Waals surface area contributed by atoms with Crippen LogP contribution < -0.4 is 0 Å². The molecule has 5 nitrogen and oxygen atoms in total. The topological polar surface area (TPSA) is 59.6 Å². The zero-order chi connectivity index (χ0) is 14.1. The summed E-state index contributed by atoms with van der Waals surface area (Å²) in [5.74, 6) is 0.0577. The standard InChI is InChI=1S/C14H20BrN3O2/c15-10-8-11(16-9-10)14(20)18-6-4-17(5-7-18)12-2-1-3-13(12)19/h8-9,12-13,16,19H,1-7H2/t12-,13+/m0/s1. The van der Waals surface area contributed by atoms with Gasteiger partial charge in [0.2, 0.25) is 0 Å². The number of carbonyl (C=O) groups excluding carboxylic acids is 1. The minimum absolute atomic E-state index is 0.0577. The van der Waals surface area contributed by atoms with Gasteiger partial charge in [-0.05, 0) is 41.3 Å². The predicted octanol–water partition coefficient (Wildman–Crippen LogP) is 1.45. The van der Waals surface area contributed by atoms with Crippen LogP contribution in [0, 0.1) is 0 Å². The minimum atomic E-state index is -0.184. The SMILES string of the molecule is O=C(c1cc(Br)c[nH]1)N1CCN([C@H]2CCC[C@H]2O)CC1. The quantitative estimate of drug-likeness (QED) is 0.855. The molecular weight excluding hydrogens is 322 g/mol. The van der Waals surface area contributed by atoms with Gasteiger partial charge in [0, 0.05) is 42.9 Å². The molecule has 2 N–H and O–H groups in total. The summed E-state index contributed by atoms with van der Waals surface area (Å²) in [6.07, 6.45) is 4.70. The molecule has 1 aliphatic carbocycles. The first kappa shape index (κ1) is 14.1. The van der Waals surface area contributed by atoms with Crippen molar-refractivity contribution in [3.05, 3.63) is 22.4 Å². The lowest BCUT2D eigenvalue weighted by atomic mass is 10.1. The molecule has 2 aliphatic rings. The number of H-pyrrole nitrogens is 1. The number of halogens is 1. The number of rotatable bonds is 2. The zero-order valence-electron chi connectivity index (χ0n) is 11.4. The van der Waals surface area contributed by atoms with Crippen molar-refractivity contribution in [2.45, 2.75) is 31.4 Å². The molecule has 2 fully saturated rings. The molecule has 1 aromatic heterocycles. The molecule has 20 heavy (non-hydrogen) atoms. The van der Waals surface area contributed by atoms with Crippen LogP contribution in [0.4, 0.5) is 0 Å². The Bertz CT molecular complexity index is 483. The minimum Gasteiger partial charge on any atom is -0.391 e. The first-order valence-corrected chi connectivity index (χ1v) is 8.00. The van der Waals surface area contributed by atoms with Gasteiger partial charge in [-0.2, -0.15) is 0 Å². The smallest absolute Gasteiger partial charge is 0.270 e. The van der Waals surface area contributed by atoms with E-state index in [1.54, 1.807) is 6.20 Å². The van der Waals surface area contributed by atoms with E-state index in [1.165, 1.54) is 0 Å². The molecule has 1 saturated heterocycles. The van der Waals surface area contributed by atoms with E-state index in [0.29, 0.717) is 11.7 Å². The number of hydrogen-bond donors (Lipinski definition) is 2. The highest BCUT2D eigenvalue weighted by Gasteiger charge is 2.33. The van der Waals surface area contributed by atoms with Gasteiger partial charge in [0.15, 0.2) is 0 Å². The van der Waals surface area contributed by atoms with E-state index < -0.39 is 0 Å². The normalized spacial score (nSPS) is 28.0. The number of aliphatic hydroxyl groups is 1. The number of hydrogen-bond acceptors (Lipinski definition) is 3. The number of aromatic amines is 1. The summed E-state index contributed by atoms with van der Waals surface area (Å²) in [4.78, 5) is 19.5. The number of amides is 1. The Balaban J connectivity index is 1.57. The molecule has 1 amide bonds. The van der Waals surface area contributed by atoms with Gasteiger partial charge in [-0.15, -0.1) is 0 Å². The Hall–Kier alpha value is -0.850. The maximum Gasteiger partial charge on any atom is 0.270 e. The Morgan fingerprint density at radius 1 is 1.30 bits per heavy atom. The molecule has 6 heteroatoms. The van der Waals surface area contributed by atoms with E-state index in [-0.39, 0.29) is 12.0 Å². The number of nitrogens with one attached hydrogen (secondary N) is 1. The monoisotopic (exact) mass is 341 g/mol. The predicted molar refractivity (Wildman–Crippen MR) is 79.6 cm³/mol. The lowest BCUT2D eigenvalue weighted by Gasteiger charge is -2.38. The van der Waals surface area contributed by atoms with Crippen LogP contribution in [-0.2, 0) is 0 Å². The van der Waals surface area contributed by atoms with Gasteiger partial charge in [0.05, 0.1) is 6.10 Å². The highest BCUT2D eigenvalue weighted by molar-refractivity contribution is 9.10. The lowest BCUT2D eigenvalue weighted by molar-refractivity contribution is 0.0313. The number of carbonyl (C=O) groups is 1. The van der Waals surface area contributed by atoms with Gasteiger partial charge in [0.25, 0.3) is 5.91 Å². The highest BCUT2D eigenvalue weighted by Crippen LogP contribution is 2.25. The van der Waals surface area contributed by atoms with Crippen molar-refractivity contribution < 1.29 is 9.90 Å². The van der Waals surface area contributed by atoms with E-state index in [4.69, 9.17) is 0 Å². The van der Waals surface area contributed by atoms with Crippen LogP contribution in [0.15, 0.2) is 16.7 Å². The molecule has 0 aromatic carbocycles. The summed E-state index contributed by atoms with van der Waals surface area (Å²) in [7, 11) is 0. The first-order valence-electron chi connectivity index (χ1n) is 7.20. The number of nitrogens with zero attached hydrogens (tertiary/aromatic N) is 2. The van der Waals surface area contributed by atoms with Crippen molar-refractivity contribution in [2.75, 3.05) is 26.2 Å². The first-order chi connectivity index (χ1) is 9.65. The van der Waals surface area contributed by atoms with E-state index >= 15 is 0 Å². The van der Waals surface area contributed by atoms with Crippen LogP contribution in [0.5, 0.6) is 0 Å². The average molecular weight is 342 g/mol. The summed E-state index contributed by atoms with van der Waals surface area (Å²) in [5, 5.41) is 9.96. The number of aliphatic hydroxyl groups excluding tert-OH is 1. The number of piperazine rings is 1. The van der Waals surface area contributed by atoms with E-state index in [9.17, 15) is 9.90 Å². The fourth-order valence-corrected chi connectivity index (χ4v) is 3.61. The molecule has 110 valence electrons. The second kappa shape index (κ2) is 5.87. The zero-order valence-corrected chi connectivity index (χ0v) is 13.0. The van der Waals surface area contributed by atoms with Crippen molar-refractivity contribution in [1.29, 1.82) is 0 Å². The molecule has 1 aromatic rings. The van der Waals surface area contributed by atoms with Crippen molar-refractivity contribution >= 4 is 21.8 Å². The lowest BCUT2D eigenvalue weighted by Crippen LogP contribution is -2.53.